The van der Waals surface area contributed by atoms with Crippen LogP contribution in [0.5, 0.6) is 0 Å². The molecule has 2 atom stereocenters. The minimum Gasteiger partial charge on any atom is -0.480 e. The molecule has 1 fully saturated rings. The Hall–Kier alpha value is -2.75. The molecule has 0 aliphatic heterocycles. The summed E-state index contributed by atoms with van der Waals surface area (Å²) in [4.78, 5) is 35.8. The zero-order valence-corrected chi connectivity index (χ0v) is 18.5. The third kappa shape index (κ3) is 8.07. The van der Waals surface area contributed by atoms with E-state index in [1.165, 1.54) is 0 Å². The maximum Gasteiger partial charge on any atom is 0.408 e. The minimum absolute atomic E-state index is 0.0125. The Bertz CT molecular complexity index is 814. The van der Waals surface area contributed by atoms with Crippen molar-refractivity contribution in [2.45, 2.75) is 76.5 Å². The lowest BCUT2D eigenvalue weighted by Crippen LogP contribution is -2.44. The maximum atomic E-state index is 13.3. The number of nitrogens with two attached hydrogens (primary N) is 1. The summed E-state index contributed by atoms with van der Waals surface area (Å²) in [6.07, 6.45) is -0.962. The standard InChI is InChI=1S/C22H31F2N3O5/c1-21(2,3)32-20(31)27-16(19(29)30)12-13-4-6-15(7-5-13)26-18(28)17(25)14-8-10-22(23,24)11-9-14/h4-7,14,16-17H,8-12,25H2,1-3H3,(H,26,28)(H,27,31)(H,29,30)/t16-,17+/m1/s1. The first kappa shape index (κ1) is 25.5. The summed E-state index contributed by atoms with van der Waals surface area (Å²) in [5, 5.41) is 14.4. The smallest absolute Gasteiger partial charge is 0.408 e. The molecule has 2 rings (SSSR count). The Morgan fingerprint density at radius 2 is 1.75 bits per heavy atom. The van der Waals surface area contributed by atoms with Crippen molar-refractivity contribution in [2.24, 2.45) is 11.7 Å². The summed E-state index contributed by atoms with van der Waals surface area (Å²) in [6, 6.07) is 4.33. The average Bonchev–Trinajstić information content (AvgIpc) is 2.66. The molecule has 2 amide bonds. The zero-order valence-electron chi connectivity index (χ0n) is 18.5. The van der Waals surface area contributed by atoms with Crippen LogP contribution in [0.4, 0.5) is 19.3 Å². The molecule has 0 radical (unpaired) electrons. The molecule has 0 heterocycles. The van der Waals surface area contributed by atoms with Crippen LogP contribution in [0.2, 0.25) is 0 Å². The molecule has 0 bridgehead atoms. The summed E-state index contributed by atoms with van der Waals surface area (Å²) in [5.41, 5.74) is 6.28. The Morgan fingerprint density at radius 1 is 1.19 bits per heavy atom. The van der Waals surface area contributed by atoms with Crippen molar-refractivity contribution in [1.82, 2.24) is 5.32 Å². The first-order chi connectivity index (χ1) is 14.8. The highest BCUT2D eigenvalue weighted by molar-refractivity contribution is 5.94. The lowest BCUT2D eigenvalue weighted by atomic mass is 9.82. The van der Waals surface area contributed by atoms with Crippen molar-refractivity contribution >= 4 is 23.7 Å². The Labute approximate surface area is 185 Å². The number of carbonyl (C=O) groups excluding carboxylic acids is 2. The molecule has 1 saturated carbocycles. The zero-order chi connectivity index (χ0) is 24.1. The number of carboxylic acids is 1. The number of alkyl halides is 2. The van der Waals surface area contributed by atoms with Gasteiger partial charge in [0, 0.05) is 24.9 Å². The highest BCUT2D eigenvalue weighted by Gasteiger charge is 2.38. The molecule has 8 nitrogen and oxygen atoms in total. The molecule has 1 aromatic rings. The number of rotatable bonds is 7. The van der Waals surface area contributed by atoms with Crippen molar-refractivity contribution in [1.29, 1.82) is 0 Å². The first-order valence-electron chi connectivity index (χ1n) is 10.5. The Kier molecular flexibility index (Phi) is 8.17. The highest BCUT2D eigenvalue weighted by atomic mass is 19.3. The fourth-order valence-electron chi connectivity index (χ4n) is 3.47. The van der Waals surface area contributed by atoms with Gasteiger partial charge in [-0.2, -0.15) is 0 Å². The van der Waals surface area contributed by atoms with Gasteiger partial charge in [0.25, 0.3) is 0 Å². The summed E-state index contributed by atoms with van der Waals surface area (Å²) >= 11 is 0. The molecule has 1 aromatic carbocycles. The van der Waals surface area contributed by atoms with Crippen molar-refractivity contribution < 1.29 is 33.0 Å². The van der Waals surface area contributed by atoms with E-state index in [2.05, 4.69) is 10.6 Å². The molecule has 32 heavy (non-hydrogen) atoms. The molecule has 0 saturated heterocycles. The summed E-state index contributed by atoms with van der Waals surface area (Å²) in [5.74, 6) is -4.65. The predicted octanol–water partition coefficient (Wildman–Crippen LogP) is 3.30. The van der Waals surface area contributed by atoms with Crippen LogP contribution >= 0.6 is 0 Å². The van der Waals surface area contributed by atoms with E-state index in [9.17, 15) is 28.3 Å². The number of aliphatic carboxylic acids is 1. The van der Waals surface area contributed by atoms with Gasteiger partial charge in [0.1, 0.15) is 11.6 Å². The molecule has 5 N–H and O–H groups in total. The number of hydrogen-bond acceptors (Lipinski definition) is 5. The van der Waals surface area contributed by atoms with Crippen LogP contribution in [0.25, 0.3) is 0 Å². The van der Waals surface area contributed by atoms with E-state index in [1.54, 1.807) is 45.0 Å². The first-order valence-corrected chi connectivity index (χ1v) is 10.5. The van der Waals surface area contributed by atoms with Gasteiger partial charge in [-0.25, -0.2) is 18.4 Å². The van der Waals surface area contributed by atoms with E-state index < -0.39 is 41.6 Å². The number of benzene rings is 1. The van der Waals surface area contributed by atoms with Gasteiger partial charge in [-0.1, -0.05) is 12.1 Å². The van der Waals surface area contributed by atoms with Crippen LogP contribution < -0.4 is 16.4 Å². The van der Waals surface area contributed by atoms with Gasteiger partial charge in [-0.3, -0.25) is 4.79 Å². The second kappa shape index (κ2) is 10.2. The van der Waals surface area contributed by atoms with Crippen LogP contribution in [0.15, 0.2) is 24.3 Å². The number of nitrogens with one attached hydrogen (secondary N) is 2. The van der Waals surface area contributed by atoms with Crippen LogP contribution in [-0.2, 0) is 20.7 Å². The van der Waals surface area contributed by atoms with E-state index in [1.807, 2.05) is 0 Å². The van der Waals surface area contributed by atoms with E-state index in [0.717, 1.165) is 0 Å². The van der Waals surface area contributed by atoms with Crippen molar-refractivity contribution in [3.63, 3.8) is 0 Å². The third-order valence-electron chi connectivity index (χ3n) is 5.22. The molecule has 0 unspecified atom stereocenters. The second-order valence-corrected chi connectivity index (χ2v) is 9.15. The van der Waals surface area contributed by atoms with Gasteiger partial charge in [0.05, 0.1) is 6.04 Å². The number of hydrogen-bond donors (Lipinski definition) is 4. The van der Waals surface area contributed by atoms with Gasteiger partial charge in [0.15, 0.2) is 0 Å². The minimum atomic E-state index is -2.69. The summed E-state index contributed by atoms with van der Waals surface area (Å²) in [6.45, 7) is 5.01. The molecule has 0 spiro atoms. The van der Waals surface area contributed by atoms with Crippen LogP contribution in [0.3, 0.4) is 0 Å². The quantitative estimate of drug-likeness (QED) is 0.499. The largest absolute Gasteiger partial charge is 0.480 e. The van der Waals surface area contributed by atoms with Crippen molar-refractivity contribution in [2.75, 3.05) is 5.32 Å². The lowest BCUT2D eigenvalue weighted by Gasteiger charge is -2.31. The van der Waals surface area contributed by atoms with E-state index in [-0.39, 0.29) is 38.0 Å². The third-order valence-corrected chi connectivity index (χ3v) is 5.22. The lowest BCUT2D eigenvalue weighted by molar-refractivity contribution is -0.139. The van der Waals surface area contributed by atoms with E-state index in [4.69, 9.17) is 10.5 Å². The molecule has 0 aromatic heterocycles. The van der Waals surface area contributed by atoms with Gasteiger partial charge in [0.2, 0.25) is 11.8 Å². The Balaban J connectivity index is 1.91. The van der Waals surface area contributed by atoms with Crippen LogP contribution in [0, 0.1) is 5.92 Å². The SMILES string of the molecule is CC(C)(C)OC(=O)N[C@H](Cc1ccc(NC(=O)[C@@H](N)C2CCC(F)(F)CC2)cc1)C(=O)O. The molecule has 10 heteroatoms. The van der Waals surface area contributed by atoms with Gasteiger partial charge >= 0.3 is 12.1 Å². The predicted molar refractivity (Wildman–Crippen MR) is 114 cm³/mol. The van der Waals surface area contributed by atoms with E-state index in [0.29, 0.717) is 11.3 Å². The van der Waals surface area contributed by atoms with E-state index >= 15 is 0 Å². The second-order valence-electron chi connectivity index (χ2n) is 9.15. The number of alkyl carbamates (subject to hydrolysis) is 1. The van der Waals surface area contributed by atoms with Gasteiger partial charge < -0.3 is 26.2 Å². The molecule has 178 valence electrons. The summed E-state index contributed by atoms with van der Waals surface area (Å²) < 4.78 is 31.7. The van der Waals surface area contributed by atoms with Crippen LogP contribution in [-0.4, -0.2) is 46.7 Å². The summed E-state index contributed by atoms with van der Waals surface area (Å²) in [7, 11) is 0. The number of anilines is 1. The molecule has 1 aliphatic carbocycles. The Morgan fingerprint density at radius 3 is 2.25 bits per heavy atom. The molecular weight excluding hydrogens is 424 g/mol. The molecule has 1 aliphatic rings. The van der Waals surface area contributed by atoms with Crippen molar-refractivity contribution in [3.05, 3.63) is 29.8 Å². The number of amides is 2. The van der Waals surface area contributed by atoms with Gasteiger partial charge in [-0.05, 0) is 57.2 Å². The fourth-order valence-corrected chi connectivity index (χ4v) is 3.47. The number of halogens is 2. The number of ether oxygens (including phenoxy) is 1. The number of carbonyl (C=O) groups is 3. The maximum absolute atomic E-state index is 13.3. The molecular formula is C22H31F2N3O5. The topological polar surface area (TPSA) is 131 Å². The fraction of sp³-hybridized carbons (Fsp3) is 0.591. The van der Waals surface area contributed by atoms with Gasteiger partial charge in [-0.15, -0.1) is 0 Å². The number of carboxylic acid groups (broad SMARTS) is 1. The van der Waals surface area contributed by atoms with Crippen molar-refractivity contribution in [3.8, 4) is 0 Å². The van der Waals surface area contributed by atoms with Crippen LogP contribution in [0.1, 0.15) is 52.0 Å². The average molecular weight is 456 g/mol. The highest BCUT2D eigenvalue weighted by Crippen LogP contribution is 2.37. The monoisotopic (exact) mass is 455 g/mol. The normalized spacial score (nSPS) is 18.3.